The van der Waals surface area contributed by atoms with E-state index in [4.69, 9.17) is 5.73 Å². The van der Waals surface area contributed by atoms with Crippen LogP contribution >= 0.6 is 0 Å². The third-order valence-corrected chi connectivity index (χ3v) is 3.55. The van der Waals surface area contributed by atoms with Crippen LogP contribution in [0.3, 0.4) is 0 Å². The molecule has 4 nitrogen and oxygen atoms in total. The first-order chi connectivity index (χ1) is 9.00. The number of halogens is 1. The van der Waals surface area contributed by atoms with E-state index < -0.39 is 0 Å². The largest absolute Gasteiger partial charge is 0.365 e. The fourth-order valence-electron chi connectivity index (χ4n) is 2.48. The molecule has 0 bridgehead atoms. The van der Waals surface area contributed by atoms with Gasteiger partial charge in [-0.15, -0.1) is 0 Å². The van der Waals surface area contributed by atoms with Crippen LogP contribution in [0, 0.1) is 5.82 Å². The van der Waals surface area contributed by atoms with Gasteiger partial charge in [-0.25, -0.2) is 4.39 Å². The van der Waals surface area contributed by atoms with Crippen molar-refractivity contribution in [3.8, 4) is 0 Å². The number of hydrogen-bond donors (Lipinski definition) is 1. The number of rotatable bonds is 2. The van der Waals surface area contributed by atoms with Crippen LogP contribution in [0.4, 0.5) is 10.1 Å². The quantitative estimate of drug-likeness (QED) is 0.882. The Hall–Kier alpha value is -1.62. The molecular weight excluding hydrogens is 245 g/mol. The Labute approximate surface area is 113 Å². The first-order valence-electron chi connectivity index (χ1n) is 6.55. The minimum Gasteiger partial charge on any atom is -0.365 e. The van der Waals surface area contributed by atoms with Gasteiger partial charge in [0.15, 0.2) is 0 Å². The zero-order valence-electron chi connectivity index (χ0n) is 11.4. The van der Waals surface area contributed by atoms with E-state index in [9.17, 15) is 9.18 Å². The van der Waals surface area contributed by atoms with E-state index >= 15 is 0 Å². The summed E-state index contributed by atoms with van der Waals surface area (Å²) in [4.78, 5) is 15.1. The van der Waals surface area contributed by atoms with Crippen molar-refractivity contribution in [1.29, 1.82) is 0 Å². The highest BCUT2D eigenvalue weighted by Gasteiger charge is 2.23. The van der Waals surface area contributed by atoms with Gasteiger partial charge in [0, 0.05) is 39.1 Å². The van der Waals surface area contributed by atoms with Gasteiger partial charge >= 0.3 is 0 Å². The van der Waals surface area contributed by atoms with Crippen LogP contribution in [0.5, 0.6) is 0 Å². The predicted molar refractivity (Wildman–Crippen MR) is 73.5 cm³/mol. The fourth-order valence-corrected chi connectivity index (χ4v) is 2.48. The van der Waals surface area contributed by atoms with E-state index in [1.165, 1.54) is 6.07 Å². The second-order valence-electron chi connectivity index (χ2n) is 4.96. The molecule has 1 saturated heterocycles. The summed E-state index contributed by atoms with van der Waals surface area (Å²) in [7, 11) is 0. The van der Waals surface area contributed by atoms with Crippen molar-refractivity contribution in [2.75, 3.05) is 31.1 Å². The molecule has 0 aliphatic carbocycles. The summed E-state index contributed by atoms with van der Waals surface area (Å²) in [6.07, 6.45) is 0. The molecule has 1 heterocycles. The number of amides is 1. The molecule has 19 heavy (non-hydrogen) atoms. The maximum Gasteiger partial charge on any atom is 0.219 e. The predicted octanol–water partition coefficient (Wildman–Crippen LogP) is 1.51. The minimum absolute atomic E-state index is 0.0700. The summed E-state index contributed by atoms with van der Waals surface area (Å²) in [6.45, 7) is 5.95. The van der Waals surface area contributed by atoms with Crippen molar-refractivity contribution in [2.45, 2.75) is 19.9 Å². The van der Waals surface area contributed by atoms with Crippen molar-refractivity contribution < 1.29 is 9.18 Å². The Morgan fingerprint density at radius 1 is 1.32 bits per heavy atom. The third kappa shape index (κ3) is 2.87. The molecule has 0 radical (unpaired) electrons. The Kier molecular flexibility index (Phi) is 4.04. The van der Waals surface area contributed by atoms with Gasteiger partial charge in [-0.2, -0.15) is 0 Å². The maximum absolute atomic E-state index is 14.1. The molecule has 1 aliphatic rings. The van der Waals surface area contributed by atoms with Crippen LogP contribution in [-0.4, -0.2) is 37.0 Å². The van der Waals surface area contributed by atoms with Gasteiger partial charge in [0.05, 0.1) is 5.69 Å². The second kappa shape index (κ2) is 5.57. The highest BCUT2D eigenvalue weighted by atomic mass is 19.1. The molecule has 1 aromatic carbocycles. The Morgan fingerprint density at radius 2 is 1.95 bits per heavy atom. The number of hydrogen-bond acceptors (Lipinski definition) is 3. The Balaban J connectivity index is 2.22. The van der Waals surface area contributed by atoms with Crippen molar-refractivity contribution in [3.63, 3.8) is 0 Å². The van der Waals surface area contributed by atoms with Gasteiger partial charge in [0.25, 0.3) is 0 Å². The lowest BCUT2D eigenvalue weighted by molar-refractivity contribution is -0.129. The van der Waals surface area contributed by atoms with Crippen LogP contribution in [0.1, 0.15) is 25.5 Å². The van der Waals surface area contributed by atoms with E-state index in [2.05, 4.69) is 0 Å². The number of carbonyl (C=O) groups excluding carboxylic acids is 1. The summed E-state index contributed by atoms with van der Waals surface area (Å²) < 4.78 is 14.1. The summed E-state index contributed by atoms with van der Waals surface area (Å²) in [5.41, 5.74) is 7.31. The number of benzene rings is 1. The average molecular weight is 265 g/mol. The zero-order valence-corrected chi connectivity index (χ0v) is 11.4. The number of anilines is 1. The van der Waals surface area contributed by atoms with E-state index in [0.29, 0.717) is 31.9 Å². The first-order valence-corrected chi connectivity index (χ1v) is 6.55. The molecule has 104 valence electrons. The van der Waals surface area contributed by atoms with Crippen LogP contribution in [-0.2, 0) is 4.79 Å². The summed E-state index contributed by atoms with van der Waals surface area (Å²) in [5, 5.41) is 0. The van der Waals surface area contributed by atoms with Crippen LogP contribution in [0.25, 0.3) is 0 Å². The number of piperazine rings is 1. The summed E-state index contributed by atoms with van der Waals surface area (Å²) in [6, 6.07) is 4.79. The fraction of sp³-hybridized carbons (Fsp3) is 0.500. The Morgan fingerprint density at radius 3 is 2.47 bits per heavy atom. The monoisotopic (exact) mass is 265 g/mol. The number of nitrogens with zero attached hydrogens (tertiary/aromatic N) is 2. The molecular formula is C14H20FN3O. The van der Waals surface area contributed by atoms with Crippen molar-refractivity contribution in [1.82, 2.24) is 4.90 Å². The van der Waals surface area contributed by atoms with Crippen molar-refractivity contribution >= 4 is 11.6 Å². The molecule has 1 aliphatic heterocycles. The highest BCUT2D eigenvalue weighted by molar-refractivity contribution is 5.73. The number of carbonyl (C=O) groups is 1. The molecule has 1 atom stereocenters. The summed E-state index contributed by atoms with van der Waals surface area (Å²) in [5.74, 6) is -0.174. The molecule has 1 unspecified atom stereocenters. The van der Waals surface area contributed by atoms with Gasteiger partial charge < -0.3 is 15.5 Å². The third-order valence-electron chi connectivity index (χ3n) is 3.55. The smallest absolute Gasteiger partial charge is 0.219 e. The van der Waals surface area contributed by atoms with Crippen LogP contribution in [0.2, 0.25) is 0 Å². The van der Waals surface area contributed by atoms with E-state index in [0.717, 1.165) is 5.56 Å². The van der Waals surface area contributed by atoms with Crippen molar-refractivity contribution in [3.05, 3.63) is 29.6 Å². The SMILES string of the molecule is CC(=O)N1CCN(c2c(F)cccc2C(C)N)CC1. The van der Waals surface area contributed by atoms with Gasteiger partial charge in [0.2, 0.25) is 5.91 Å². The lowest BCUT2D eigenvalue weighted by Gasteiger charge is -2.37. The van der Waals surface area contributed by atoms with Gasteiger partial charge in [-0.3, -0.25) is 4.79 Å². The van der Waals surface area contributed by atoms with Gasteiger partial charge in [0.1, 0.15) is 5.82 Å². The van der Waals surface area contributed by atoms with Gasteiger partial charge in [-0.05, 0) is 18.6 Å². The van der Waals surface area contributed by atoms with E-state index in [-0.39, 0.29) is 17.8 Å². The minimum atomic E-state index is -0.244. The lowest BCUT2D eigenvalue weighted by atomic mass is 10.0. The van der Waals surface area contributed by atoms with E-state index in [1.54, 1.807) is 17.9 Å². The van der Waals surface area contributed by atoms with Crippen LogP contribution in [0.15, 0.2) is 18.2 Å². The molecule has 0 saturated carbocycles. The molecule has 1 aromatic rings. The van der Waals surface area contributed by atoms with Crippen molar-refractivity contribution in [2.24, 2.45) is 5.73 Å². The second-order valence-corrected chi connectivity index (χ2v) is 4.96. The lowest BCUT2D eigenvalue weighted by Crippen LogP contribution is -2.48. The standard InChI is InChI=1S/C14H20FN3O/c1-10(16)12-4-3-5-13(15)14(12)18-8-6-17(7-9-18)11(2)19/h3-5,10H,6-9,16H2,1-2H3. The maximum atomic E-state index is 14.1. The topological polar surface area (TPSA) is 49.6 Å². The molecule has 2 rings (SSSR count). The zero-order chi connectivity index (χ0) is 14.0. The molecule has 5 heteroatoms. The summed E-state index contributed by atoms with van der Waals surface area (Å²) >= 11 is 0. The van der Waals surface area contributed by atoms with Crippen LogP contribution < -0.4 is 10.6 Å². The normalized spacial score (nSPS) is 17.5. The molecule has 2 N–H and O–H groups in total. The molecule has 1 fully saturated rings. The Bertz CT molecular complexity index is 468. The van der Waals surface area contributed by atoms with E-state index in [1.807, 2.05) is 17.9 Å². The number of nitrogens with two attached hydrogens (primary N) is 1. The first kappa shape index (κ1) is 13.8. The molecule has 0 spiro atoms. The number of para-hydroxylation sites is 1. The molecule has 0 aromatic heterocycles. The highest BCUT2D eigenvalue weighted by Crippen LogP contribution is 2.29. The van der Waals surface area contributed by atoms with Gasteiger partial charge in [-0.1, -0.05) is 12.1 Å². The average Bonchev–Trinajstić information content (AvgIpc) is 2.38. The molecule has 1 amide bonds.